The highest BCUT2D eigenvalue weighted by atomic mass is 79.9. The van der Waals surface area contributed by atoms with E-state index in [1.807, 2.05) is 0 Å². The SMILES string of the molecule is COC(=O)COc1cc2nc(Br)sc2cc1N(CC(=O)OC)CC(=O)OC. The molecule has 11 heteroatoms. The highest BCUT2D eigenvalue weighted by molar-refractivity contribution is 9.11. The maximum absolute atomic E-state index is 11.8. The van der Waals surface area contributed by atoms with Crippen molar-refractivity contribution < 1.29 is 33.3 Å². The lowest BCUT2D eigenvalue weighted by Crippen LogP contribution is -2.36. The minimum atomic E-state index is -0.576. The Morgan fingerprint density at radius 1 is 1.04 bits per heavy atom. The van der Waals surface area contributed by atoms with Gasteiger partial charge in [-0.25, -0.2) is 9.78 Å². The van der Waals surface area contributed by atoms with Gasteiger partial charge in [0.2, 0.25) is 0 Å². The summed E-state index contributed by atoms with van der Waals surface area (Å²) in [6.07, 6.45) is 0. The first-order valence-corrected chi connectivity index (χ1v) is 9.17. The quantitative estimate of drug-likeness (QED) is 0.430. The molecule has 1 heterocycles. The van der Waals surface area contributed by atoms with Gasteiger partial charge in [0.15, 0.2) is 10.5 Å². The summed E-state index contributed by atoms with van der Waals surface area (Å²) in [5, 5.41) is 0. The second kappa shape index (κ2) is 9.51. The Labute approximate surface area is 167 Å². The molecule has 0 N–H and O–H groups in total. The smallest absolute Gasteiger partial charge is 0.343 e. The van der Waals surface area contributed by atoms with Crippen molar-refractivity contribution in [2.75, 3.05) is 45.9 Å². The van der Waals surface area contributed by atoms with E-state index < -0.39 is 17.9 Å². The maximum Gasteiger partial charge on any atom is 0.343 e. The Kier molecular flexibility index (Phi) is 7.36. The van der Waals surface area contributed by atoms with E-state index >= 15 is 0 Å². The molecule has 2 rings (SSSR count). The first kappa shape index (κ1) is 20.9. The lowest BCUT2D eigenvalue weighted by molar-refractivity contribution is -0.143. The van der Waals surface area contributed by atoms with Gasteiger partial charge in [0.25, 0.3) is 0 Å². The van der Waals surface area contributed by atoms with Crippen molar-refractivity contribution in [2.45, 2.75) is 0 Å². The number of fused-ring (bicyclic) bond motifs is 1. The van der Waals surface area contributed by atoms with Crippen molar-refractivity contribution in [3.05, 3.63) is 16.0 Å². The van der Waals surface area contributed by atoms with Crippen LogP contribution in [0.1, 0.15) is 0 Å². The molecule has 0 amide bonds. The monoisotopic (exact) mass is 460 g/mol. The van der Waals surface area contributed by atoms with Crippen LogP contribution in [-0.2, 0) is 28.6 Å². The van der Waals surface area contributed by atoms with Gasteiger partial charge in [-0.3, -0.25) is 9.59 Å². The molecule has 0 saturated carbocycles. The number of thiazole rings is 1. The first-order valence-electron chi connectivity index (χ1n) is 7.56. The number of carbonyl (C=O) groups is 3. The molecule has 1 aromatic carbocycles. The molecule has 0 atom stereocenters. The number of anilines is 1. The van der Waals surface area contributed by atoms with Gasteiger partial charge in [0.1, 0.15) is 18.8 Å². The Morgan fingerprint density at radius 3 is 2.19 bits per heavy atom. The number of carbonyl (C=O) groups excluding carboxylic acids is 3. The number of hydrogen-bond donors (Lipinski definition) is 0. The number of ether oxygens (including phenoxy) is 4. The molecule has 0 aliphatic rings. The van der Waals surface area contributed by atoms with E-state index in [0.717, 1.165) is 4.70 Å². The van der Waals surface area contributed by atoms with E-state index in [4.69, 9.17) is 14.2 Å². The number of aromatic nitrogens is 1. The van der Waals surface area contributed by atoms with Crippen molar-refractivity contribution >= 4 is 61.1 Å². The summed E-state index contributed by atoms with van der Waals surface area (Å²) in [4.78, 5) is 40.8. The number of halogens is 1. The second-order valence-electron chi connectivity index (χ2n) is 5.13. The zero-order valence-corrected chi connectivity index (χ0v) is 17.2. The van der Waals surface area contributed by atoms with E-state index in [-0.39, 0.29) is 25.4 Å². The van der Waals surface area contributed by atoms with Crippen LogP contribution in [0.3, 0.4) is 0 Å². The van der Waals surface area contributed by atoms with Crippen LogP contribution in [-0.4, -0.2) is 63.9 Å². The zero-order valence-electron chi connectivity index (χ0n) is 14.8. The molecule has 0 radical (unpaired) electrons. The summed E-state index contributed by atoms with van der Waals surface area (Å²) >= 11 is 4.69. The molecule has 1 aromatic heterocycles. The number of nitrogens with zero attached hydrogens (tertiary/aromatic N) is 2. The number of hydrogen-bond acceptors (Lipinski definition) is 10. The number of benzene rings is 1. The van der Waals surface area contributed by atoms with Gasteiger partial charge in [-0.2, -0.15) is 0 Å². The van der Waals surface area contributed by atoms with Crippen LogP contribution >= 0.6 is 27.3 Å². The molecule has 0 spiro atoms. The molecule has 9 nitrogen and oxygen atoms in total. The minimum absolute atomic E-state index is 0.217. The predicted molar refractivity (Wildman–Crippen MR) is 101 cm³/mol. The standard InChI is InChI=1S/C16H17BrN2O7S/c1-23-13(20)6-19(7-14(21)24-2)10-5-12-9(18-16(17)27-12)4-11(10)26-8-15(22)25-3/h4-5H,6-8H2,1-3H3. The third kappa shape index (κ3) is 5.54. The highest BCUT2D eigenvalue weighted by Gasteiger charge is 2.22. The third-order valence-electron chi connectivity index (χ3n) is 3.45. The van der Waals surface area contributed by atoms with Crippen LogP contribution in [0.2, 0.25) is 0 Å². The molecule has 0 aliphatic heterocycles. The van der Waals surface area contributed by atoms with E-state index in [9.17, 15) is 14.4 Å². The molecule has 0 fully saturated rings. The summed E-state index contributed by atoms with van der Waals surface area (Å²) in [6, 6.07) is 3.34. The van der Waals surface area contributed by atoms with E-state index in [1.54, 1.807) is 12.1 Å². The van der Waals surface area contributed by atoms with Crippen LogP contribution in [0.25, 0.3) is 10.2 Å². The summed E-state index contributed by atoms with van der Waals surface area (Å²) in [6.45, 7) is -0.776. The maximum atomic E-state index is 11.8. The van der Waals surface area contributed by atoms with Crippen LogP contribution < -0.4 is 9.64 Å². The van der Waals surface area contributed by atoms with Gasteiger partial charge in [-0.15, -0.1) is 11.3 Å². The largest absolute Gasteiger partial charge is 0.480 e. The number of methoxy groups -OCH3 is 3. The minimum Gasteiger partial charge on any atom is -0.480 e. The van der Waals surface area contributed by atoms with Crippen LogP contribution in [0, 0.1) is 0 Å². The summed E-state index contributed by atoms with van der Waals surface area (Å²) in [5.41, 5.74) is 1.05. The Hall–Kier alpha value is -2.40. The van der Waals surface area contributed by atoms with Crippen molar-refractivity contribution in [1.82, 2.24) is 4.98 Å². The summed E-state index contributed by atoms with van der Waals surface area (Å²) in [5.74, 6) is -1.42. The Bertz CT molecular complexity index is 837. The first-order chi connectivity index (χ1) is 12.9. The van der Waals surface area contributed by atoms with Gasteiger partial charge in [-0.05, 0) is 22.0 Å². The molecular formula is C16H17BrN2O7S. The fourth-order valence-electron chi connectivity index (χ4n) is 2.14. The predicted octanol–water partition coefficient (Wildman–Crippen LogP) is 1.76. The molecule has 2 aromatic rings. The second-order valence-corrected chi connectivity index (χ2v) is 7.43. The molecule has 0 bridgehead atoms. The lowest BCUT2D eigenvalue weighted by Gasteiger charge is -2.24. The fourth-order valence-corrected chi connectivity index (χ4v) is 3.56. The molecular weight excluding hydrogens is 444 g/mol. The van der Waals surface area contributed by atoms with Crippen molar-refractivity contribution in [3.8, 4) is 5.75 Å². The lowest BCUT2D eigenvalue weighted by atomic mass is 10.2. The van der Waals surface area contributed by atoms with Crippen molar-refractivity contribution in [2.24, 2.45) is 0 Å². The molecule has 0 unspecified atom stereocenters. The van der Waals surface area contributed by atoms with Gasteiger partial charge >= 0.3 is 17.9 Å². The van der Waals surface area contributed by atoms with Crippen LogP contribution in [0.15, 0.2) is 16.0 Å². The van der Waals surface area contributed by atoms with Crippen LogP contribution in [0.5, 0.6) is 5.75 Å². The van der Waals surface area contributed by atoms with Crippen molar-refractivity contribution in [3.63, 3.8) is 0 Å². The molecule has 0 aliphatic carbocycles. The van der Waals surface area contributed by atoms with E-state index in [0.29, 0.717) is 15.1 Å². The van der Waals surface area contributed by atoms with E-state index in [2.05, 4.69) is 25.7 Å². The summed E-state index contributed by atoms with van der Waals surface area (Å²) < 4.78 is 21.0. The molecule has 0 saturated heterocycles. The van der Waals surface area contributed by atoms with Gasteiger partial charge in [0.05, 0.1) is 37.2 Å². The Balaban J connectivity index is 2.48. The molecule has 27 heavy (non-hydrogen) atoms. The fraction of sp³-hybridized carbons (Fsp3) is 0.375. The average molecular weight is 461 g/mol. The van der Waals surface area contributed by atoms with E-state index in [1.165, 1.54) is 37.6 Å². The number of esters is 3. The number of rotatable bonds is 8. The third-order valence-corrected chi connectivity index (χ3v) is 4.92. The zero-order chi connectivity index (χ0) is 20.0. The normalized spacial score (nSPS) is 10.4. The topological polar surface area (TPSA) is 104 Å². The highest BCUT2D eigenvalue weighted by Crippen LogP contribution is 2.37. The van der Waals surface area contributed by atoms with Gasteiger partial charge in [-0.1, -0.05) is 0 Å². The molecule has 146 valence electrons. The van der Waals surface area contributed by atoms with Crippen LogP contribution in [0.4, 0.5) is 5.69 Å². The average Bonchev–Trinajstić information content (AvgIpc) is 3.03. The van der Waals surface area contributed by atoms with Gasteiger partial charge < -0.3 is 23.8 Å². The Morgan fingerprint density at radius 2 is 1.63 bits per heavy atom. The summed E-state index contributed by atoms with van der Waals surface area (Å²) in [7, 11) is 3.74. The van der Waals surface area contributed by atoms with Gasteiger partial charge in [0, 0.05) is 6.07 Å². The van der Waals surface area contributed by atoms with Crippen molar-refractivity contribution in [1.29, 1.82) is 0 Å².